The average Bonchev–Trinajstić information content (AvgIpc) is 3.40. The molecule has 2 aliphatic rings. The molecule has 0 bridgehead atoms. The molecule has 2 heterocycles. The van der Waals surface area contributed by atoms with E-state index in [0.29, 0.717) is 6.54 Å². The maximum atomic E-state index is 12.8. The number of carbonyl (C=O) groups excluding carboxylic acids is 2. The van der Waals surface area contributed by atoms with Crippen LogP contribution in [0.25, 0.3) is 0 Å². The summed E-state index contributed by atoms with van der Waals surface area (Å²) in [5, 5.41) is 10.3. The van der Waals surface area contributed by atoms with Crippen LogP contribution in [0.5, 0.6) is 0 Å². The van der Waals surface area contributed by atoms with E-state index in [2.05, 4.69) is 15.5 Å². The highest BCUT2D eigenvalue weighted by atomic mass is 16.2. The molecule has 1 aliphatic carbocycles. The quantitative estimate of drug-likeness (QED) is 0.868. The molecular formula is C21H26N4O2. The molecule has 1 aliphatic heterocycles. The number of likely N-dealkylation sites (tertiary alicyclic amines) is 1. The Balaban J connectivity index is 1.45. The number of benzene rings is 1. The fourth-order valence-electron chi connectivity index (χ4n) is 4.29. The lowest BCUT2D eigenvalue weighted by molar-refractivity contribution is -0.119. The monoisotopic (exact) mass is 366 g/mol. The van der Waals surface area contributed by atoms with E-state index in [-0.39, 0.29) is 23.7 Å². The normalized spacial score (nSPS) is 20.6. The van der Waals surface area contributed by atoms with Gasteiger partial charge in [-0.25, -0.2) is 0 Å². The molecule has 2 amide bonds. The first-order valence-corrected chi connectivity index (χ1v) is 9.91. The van der Waals surface area contributed by atoms with E-state index < -0.39 is 0 Å². The van der Waals surface area contributed by atoms with Crippen molar-refractivity contribution < 1.29 is 9.59 Å². The Morgan fingerprint density at radius 3 is 2.63 bits per heavy atom. The number of piperidine rings is 1. The molecule has 2 N–H and O–H groups in total. The van der Waals surface area contributed by atoms with Gasteiger partial charge in [0.05, 0.1) is 17.6 Å². The number of amides is 2. The van der Waals surface area contributed by atoms with Gasteiger partial charge in [-0.05, 0) is 37.8 Å². The Morgan fingerprint density at radius 1 is 1.07 bits per heavy atom. The Morgan fingerprint density at radius 2 is 1.85 bits per heavy atom. The van der Waals surface area contributed by atoms with Gasteiger partial charge in [-0.2, -0.15) is 5.10 Å². The first-order valence-electron chi connectivity index (χ1n) is 9.91. The molecule has 2 aromatic rings. The van der Waals surface area contributed by atoms with Crippen LogP contribution in [0.1, 0.15) is 60.5 Å². The zero-order valence-electron chi connectivity index (χ0n) is 15.5. The van der Waals surface area contributed by atoms with Gasteiger partial charge in [0.2, 0.25) is 5.91 Å². The molecule has 1 atom stereocenters. The maximum Gasteiger partial charge on any atom is 0.253 e. The second-order valence-electron chi connectivity index (χ2n) is 7.62. The van der Waals surface area contributed by atoms with Gasteiger partial charge in [0.25, 0.3) is 5.91 Å². The zero-order valence-corrected chi connectivity index (χ0v) is 15.5. The summed E-state index contributed by atoms with van der Waals surface area (Å²) >= 11 is 0. The van der Waals surface area contributed by atoms with Gasteiger partial charge in [-0.15, -0.1) is 0 Å². The number of hydrogen-bond donors (Lipinski definition) is 2. The highest BCUT2D eigenvalue weighted by Crippen LogP contribution is 2.32. The van der Waals surface area contributed by atoms with Crippen LogP contribution in [0.15, 0.2) is 36.5 Å². The molecule has 6 heteroatoms. The smallest absolute Gasteiger partial charge is 0.253 e. The van der Waals surface area contributed by atoms with Crippen LogP contribution in [0.2, 0.25) is 0 Å². The highest BCUT2D eigenvalue weighted by Gasteiger charge is 2.29. The number of nitrogens with zero attached hydrogens (tertiary/aromatic N) is 2. The number of carbonyl (C=O) groups is 2. The third-order valence-corrected chi connectivity index (χ3v) is 5.79. The van der Waals surface area contributed by atoms with Crippen LogP contribution in [0, 0.1) is 5.92 Å². The average molecular weight is 366 g/mol. The SMILES string of the molecule is O=C(Nc1cn[nH]c1C1CCCN(C(=O)c2ccccc2)C1)C1CCCC1. The number of H-pyrrole nitrogens is 1. The second-order valence-corrected chi connectivity index (χ2v) is 7.62. The summed E-state index contributed by atoms with van der Waals surface area (Å²) in [5.74, 6) is 0.447. The fraction of sp³-hybridized carbons (Fsp3) is 0.476. The van der Waals surface area contributed by atoms with E-state index >= 15 is 0 Å². The predicted octanol–water partition coefficient (Wildman–Crippen LogP) is 3.56. The van der Waals surface area contributed by atoms with E-state index in [9.17, 15) is 9.59 Å². The van der Waals surface area contributed by atoms with E-state index in [1.165, 1.54) is 0 Å². The maximum absolute atomic E-state index is 12.8. The van der Waals surface area contributed by atoms with Crippen LogP contribution in [0.3, 0.4) is 0 Å². The topological polar surface area (TPSA) is 78.1 Å². The molecule has 1 saturated carbocycles. The Bertz CT molecular complexity index is 796. The Hall–Kier alpha value is -2.63. The molecule has 142 valence electrons. The number of rotatable bonds is 4. The van der Waals surface area contributed by atoms with Gasteiger partial charge in [-0.1, -0.05) is 31.0 Å². The van der Waals surface area contributed by atoms with Crippen molar-refractivity contribution in [3.8, 4) is 0 Å². The van der Waals surface area contributed by atoms with Crippen LogP contribution < -0.4 is 5.32 Å². The summed E-state index contributed by atoms with van der Waals surface area (Å²) in [4.78, 5) is 27.2. The van der Waals surface area contributed by atoms with Gasteiger partial charge >= 0.3 is 0 Å². The highest BCUT2D eigenvalue weighted by molar-refractivity contribution is 5.94. The lowest BCUT2D eigenvalue weighted by Crippen LogP contribution is -2.39. The standard InChI is InChI=1S/C21H26N4O2/c26-20(15-7-4-5-8-15)23-18-13-22-24-19(18)17-11-6-12-25(14-17)21(27)16-9-2-1-3-10-16/h1-3,9-10,13,15,17H,4-8,11-12,14H2,(H,22,24)(H,23,26). The van der Waals surface area contributed by atoms with Crippen molar-refractivity contribution in [2.24, 2.45) is 5.92 Å². The molecule has 1 aromatic heterocycles. The lowest BCUT2D eigenvalue weighted by atomic mass is 9.93. The Labute approximate surface area is 159 Å². The summed E-state index contributed by atoms with van der Waals surface area (Å²) in [7, 11) is 0. The van der Waals surface area contributed by atoms with Gasteiger partial charge in [0, 0.05) is 30.5 Å². The summed E-state index contributed by atoms with van der Waals surface area (Å²) in [6, 6.07) is 9.41. The molecule has 4 rings (SSSR count). The number of aromatic amines is 1. The lowest BCUT2D eigenvalue weighted by Gasteiger charge is -2.32. The largest absolute Gasteiger partial charge is 0.338 e. The summed E-state index contributed by atoms with van der Waals surface area (Å²) in [6.07, 6.45) is 7.83. The summed E-state index contributed by atoms with van der Waals surface area (Å²) in [5.41, 5.74) is 2.43. The molecule has 2 fully saturated rings. The van der Waals surface area contributed by atoms with Gasteiger partial charge in [-0.3, -0.25) is 14.7 Å². The molecular weight excluding hydrogens is 340 g/mol. The summed E-state index contributed by atoms with van der Waals surface area (Å²) in [6.45, 7) is 1.41. The van der Waals surface area contributed by atoms with Crippen LogP contribution in [0.4, 0.5) is 5.69 Å². The first-order chi connectivity index (χ1) is 13.2. The minimum Gasteiger partial charge on any atom is -0.338 e. The van der Waals surface area contributed by atoms with E-state index in [4.69, 9.17) is 0 Å². The van der Waals surface area contributed by atoms with Crippen molar-refractivity contribution in [1.82, 2.24) is 15.1 Å². The van der Waals surface area contributed by atoms with Crippen LogP contribution in [-0.4, -0.2) is 40.0 Å². The molecule has 6 nitrogen and oxygen atoms in total. The fourth-order valence-corrected chi connectivity index (χ4v) is 4.29. The Kier molecular flexibility index (Phi) is 5.23. The predicted molar refractivity (Wildman–Crippen MR) is 103 cm³/mol. The van der Waals surface area contributed by atoms with Crippen molar-refractivity contribution in [3.63, 3.8) is 0 Å². The molecule has 1 aromatic carbocycles. The zero-order chi connectivity index (χ0) is 18.6. The number of nitrogens with one attached hydrogen (secondary N) is 2. The number of anilines is 1. The minimum absolute atomic E-state index is 0.0661. The molecule has 1 unspecified atom stereocenters. The number of hydrogen-bond acceptors (Lipinski definition) is 3. The van der Waals surface area contributed by atoms with Gasteiger partial charge in [0.15, 0.2) is 0 Å². The third kappa shape index (κ3) is 3.89. The van der Waals surface area contributed by atoms with E-state index in [1.807, 2.05) is 35.2 Å². The minimum atomic E-state index is 0.0661. The second kappa shape index (κ2) is 7.94. The van der Waals surface area contributed by atoms with Gasteiger partial charge in [0.1, 0.15) is 0 Å². The third-order valence-electron chi connectivity index (χ3n) is 5.79. The molecule has 0 radical (unpaired) electrons. The molecule has 0 spiro atoms. The van der Waals surface area contributed by atoms with Crippen molar-refractivity contribution >= 4 is 17.5 Å². The van der Waals surface area contributed by atoms with E-state index in [1.54, 1.807) is 6.20 Å². The van der Waals surface area contributed by atoms with Crippen LogP contribution in [-0.2, 0) is 4.79 Å². The summed E-state index contributed by atoms with van der Waals surface area (Å²) < 4.78 is 0. The van der Waals surface area contributed by atoms with Crippen LogP contribution >= 0.6 is 0 Å². The van der Waals surface area contributed by atoms with Crippen molar-refractivity contribution in [3.05, 3.63) is 47.8 Å². The van der Waals surface area contributed by atoms with E-state index in [0.717, 1.165) is 62.0 Å². The molecule has 1 saturated heterocycles. The number of aromatic nitrogens is 2. The first kappa shape index (κ1) is 17.8. The van der Waals surface area contributed by atoms with Crippen molar-refractivity contribution in [1.29, 1.82) is 0 Å². The van der Waals surface area contributed by atoms with Crippen molar-refractivity contribution in [2.45, 2.75) is 44.4 Å². The van der Waals surface area contributed by atoms with Crippen molar-refractivity contribution in [2.75, 3.05) is 18.4 Å². The van der Waals surface area contributed by atoms with Gasteiger partial charge < -0.3 is 10.2 Å². The molecule has 27 heavy (non-hydrogen) atoms.